The van der Waals surface area contributed by atoms with Gasteiger partial charge in [-0.1, -0.05) is 20.3 Å². The summed E-state index contributed by atoms with van der Waals surface area (Å²) in [6.07, 6.45) is -12.5. The van der Waals surface area contributed by atoms with Gasteiger partial charge in [0.15, 0.2) is 0 Å². The highest BCUT2D eigenvalue weighted by molar-refractivity contribution is 5.02. The van der Waals surface area contributed by atoms with Crippen molar-refractivity contribution in [1.29, 1.82) is 0 Å². The molecule has 1 nitrogen and oxygen atoms in total. The van der Waals surface area contributed by atoms with Gasteiger partial charge in [-0.2, -0.15) is 26.3 Å². The van der Waals surface area contributed by atoms with Crippen molar-refractivity contribution in [3.8, 4) is 0 Å². The smallest absolute Gasteiger partial charge is 0.324 e. The molecule has 0 saturated heterocycles. The van der Waals surface area contributed by atoms with E-state index in [9.17, 15) is 30.7 Å². The predicted octanol–water partition coefficient (Wildman–Crippen LogP) is 3.58. The van der Waals surface area contributed by atoms with E-state index in [1.807, 2.05) is 0 Å². The van der Waals surface area contributed by atoms with Gasteiger partial charge in [-0.25, -0.2) is 4.39 Å². The van der Waals surface area contributed by atoms with Crippen LogP contribution in [0.15, 0.2) is 0 Å². The maximum absolute atomic E-state index is 13.3. The first-order chi connectivity index (χ1) is 7.38. The molecular formula is C9H14F7N. The van der Waals surface area contributed by atoms with Crippen LogP contribution in [0.5, 0.6) is 0 Å². The van der Waals surface area contributed by atoms with Crippen molar-refractivity contribution in [2.24, 2.45) is 11.7 Å². The van der Waals surface area contributed by atoms with Crippen LogP contribution in [0.3, 0.4) is 0 Å². The molecule has 2 atom stereocenters. The average Bonchev–Trinajstić information content (AvgIpc) is 2.12. The van der Waals surface area contributed by atoms with Gasteiger partial charge in [0.2, 0.25) is 0 Å². The molecule has 0 rings (SSSR count). The molecule has 0 amide bonds. The molecule has 0 aliphatic heterocycles. The Hall–Kier alpha value is -0.530. The minimum Gasteiger partial charge on any atom is -0.324 e. The molecule has 2 unspecified atom stereocenters. The van der Waals surface area contributed by atoms with E-state index in [1.54, 1.807) is 6.92 Å². The van der Waals surface area contributed by atoms with E-state index >= 15 is 0 Å². The van der Waals surface area contributed by atoms with Gasteiger partial charge in [-0.3, -0.25) is 0 Å². The van der Waals surface area contributed by atoms with Crippen molar-refractivity contribution in [2.75, 3.05) is 0 Å². The maximum Gasteiger partial charge on any atom is 0.433 e. The van der Waals surface area contributed by atoms with Crippen LogP contribution in [0, 0.1) is 5.92 Å². The number of hydrogen-bond donors (Lipinski definition) is 1. The van der Waals surface area contributed by atoms with Gasteiger partial charge in [0.05, 0.1) is 6.04 Å². The zero-order valence-electron chi connectivity index (χ0n) is 9.29. The third-order valence-electron chi connectivity index (χ3n) is 2.69. The number of alkyl halides is 7. The summed E-state index contributed by atoms with van der Waals surface area (Å²) in [6.45, 7) is 2.98. The summed E-state index contributed by atoms with van der Waals surface area (Å²) < 4.78 is 86.7. The highest BCUT2D eigenvalue weighted by Gasteiger charge is 2.75. The zero-order chi connectivity index (χ0) is 14.1. The molecule has 0 spiro atoms. The van der Waals surface area contributed by atoms with E-state index in [1.165, 1.54) is 6.92 Å². The lowest BCUT2D eigenvalue weighted by molar-refractivity contribution is -0.348. The minimum absolute atomic E-state index is 0.319. The van der Waals surface area contributed by atoms with Crippen LogP contribution in [0.2, 0.25) is 0 Å². The molecule has 0 aromatic rings. The average molecular weight is 269 g/mol. The predicted molar refractivity (Wildman–Crippen MR) is 48.0 cm³/mol. The van der Waals surface area contributed by atoms with Crippen molar-refractivity contribution in [1.82, 2.24) is 0 Å². The lowest BCUT2D eigenvalue weighted by Gasteiger charge is -2.35. The normalized spacial score (nSPS) is 18.0. The Morgan fingerprint density at radius 1 is 0.941 bits per heavy atom. The molecule has 0 bridgehead atoms. The second-order valence-corrected chi connectivity index (χ2v) is 4.06. The fourth-order valence-corrected chi connectivity index (χ4v) is 1.34. The van der Waals surface area contributed by atoms with E-state index in [2.05, 4.69) is 0 Å². The highest BCUT2D eigenvalue weighted by atomic mass is 19.4. The van der Waals surface area contributed by atoms with Crippen LogP contribution in [0.1, 0.15) is 26.7 Å². The summed E-state index contributed by atoms with van der Waals surface area (Å²) in [7, 11) is 0. The topological polar surface area (TPSA) is 26.0 Å². The molecule has 0 saturated carbocycles. The van der Waals surface area contributed by atoms with E-state index in [0.717, 1.165) is 0 Å². The van der Waals surface area contributed by atoms with Crippen LogP contribution in [-0.2, 0) is 0 Å². The van der Waals surface area contributed by atoms with Crippen LogP contribution >= 0.6 is 0 Å². The summed E-state index contributed by atoms with van der Waals surface area (Å²) in [4.78, 5) is 0. The van der Waals surface area contributed by atoms with Gasteiger partial charge >= 0.3 is 18.0 Å². The Labute approximate surface area is 94.2 Å². The second kappa shape index (κ2) is 4.99. The van der Waals surface area contributed by atoms with Gasteiger partial charge in [0.25, 0.3) is 0 Å². The van der Waals surface area contributed by atoms with Gasteiger partial charge in [-0.05, 0) is 12.3 Å². The van der Waals surface area contributed by atoms with Crippen LogP contribution in [0.25, 0.3) is 0 Å². The summed E-state index contributed by atoms with van der Waals surface area (Å²) >= 11 is 0. The monoisotopic (exact) mass is 269 g/mol. The molecule has 0 aromatic heterocycles. The van der Waals surface area contributed by atoms with Gasteiger partial charge in [-0.15, -0.1) is 0 Å². The first-order valence-corrected chi connectivity index (χ1v) is 4.95. The van der Waals surface area contributed by atoms with Gasteiger partial charge < -0.3 is 5.73 Å². The van der Waals surface area contributed by atoms with Crippen LogP contribution in [-0.4, -0.2) is 24.1 Å². The third-order valence-corrected chi connectivity index (χ3v) is 2.69. The molecule has 104 valence electrons. The molecule has 8 heteroatoms. The van der Waals surface area contributed by atoms with Crippen molar-refractivity contribution in [3.05, 3.63) is 0 Å². The lowest BCUT2D eigenvalue weighted by atomic mass is 9.87. The van der Waals surface area contributed by atoms with E-state index in [-0.39, 0.29) is 0 Å². The van der Waals surface area contributed by atoms with Gasteiger partial charge in [0.1, 0.15) is 0 Å². The summed E-state index contributed by atoms with van der Waals surface area (Å²) in [5, 5.41) is 0. The molecule has 17 heavy (non-hydrogen) atoms. The molecule has 0 radical (unpaired) electrons. The third kappa shape index (κ3) is 3.23. The Morgan fingerprint density at radius 3 is 1.53 bits per heavy atom. The zero-order valence-corrected chi connectivity index (χ0v) is 9.29. The standard InChI is InChI=1S/C9H14F7N/c1-3-5(2)4-6(17)7(10,8(11,12)13)9(14,15)16/h5-6H,3-4,17H2,1-2H3. The summed E-state index contributed by atoms with van der Waals surface area (Å²) in [5.74, 6) is -0.523. The Morgan fingerprint density at radius 2 is 1.29 bits per heavy atom. The molecule has 0 aliphatic carbocycles. The lowest BCUT2D eigenvalue weighted by Crippen LogP contribution is -2.64. The Balaban J connectivity index is 5.22. The quantitative estimate of drug-likeness (QED) is 0.775. The molecule has 0 fully saturated rings. The SMILES string of the molecule is CCC(C)CC(N)C(F)(C(F)(F)F)C(F)(F)F. The highest BCUT2D eigenvalue weighted by Crippen LogP contribution is 2.48. The number of rotatable bonds is 4. The minimum atomic E-state index is -6.07. The second-order valence-electron chi connectivity index (χ2n) is 4.06. The fraction of sp³-hybridized carbons (Fsp3) is 1.00. The number of halogens is 7. The Bertz CT molecular complexity index is 231. The Kier molecular flexibility index (Phi) is 4.84. The van der Waals surface area contributed by atoms with Gasteiger partial charge in [0, 0.05) is 0 Å². The number of nitrogens with two attached hydrogens (primary N) is 1. The van der Waals surface area contributed by atoms with Crippen LogP contribution in [0.4, 0.5) is 30.7 Å². The molecular weight excluding hydrogens is 255 g/mol. The first-order valence-electron chi connectivity index (χ1n) is 4.95. The van der Waals surface area contributed by atoms with Crippen molar-refractivity contribution in [2.45, 2.75) is 50.8 Å². The molecule has 0 aromatic carbocycles. The number of hydrogen-bond acceptors (Lipinski definition) is 1. The van der Waals surface area contributed by atoms with Crippen LogP contribution < -0.4 is 5.73 Å². The largest absolute Gasteiger partial charge is 0.433 e. The molecule has 0 aliphatic rings. The van der Waals surface area contributed by atoms with E-state index in [0.29, 0.717) is 6.42 Å². The van der Waals surface area contributed by atoms with Crippen molar-refractivity contribution < 1.29 is 30.7 Å². The summed E-state index contributed by atoms with van der Waals surface area (Å²) in [6, 6.07) is -2.66. The first kappa shape index (κ1) is 16.5. The molecule has 0 heterocycles. The van der Waals surface area contributed by atoms with Crippen molar-refractivity contribution >= 4 is 0 Å². The molecule has 2 N–H and O–H groups in total. The van der Waals surface area contributed by atoms with E-state index < -0.39 is 36.4 Å². The maximum atomic E-state index is 13.3. The van der Waals surface area contributed by atoms with Crippen molar-refractivity contribution in [3.63, 3.8) is 0 Å². The fourth-order valence-electron chi connectivity index (χ4n) is 1.34. The van der Waals surface area contributed by atoms with E-state index in [4.69, 9.17) is 5.73 Å². The summed E-state index contributed by atoms with van der Waals surface area (Å²) in [5.41, 5.74) is -0.572.